The number of carbonyl (C=O) groups is 4. The lowest BCUT2D eigenvalue weighted by molar-refractivity contribution is -0.127. The van der Waals surface area contributed by atoms with E-state index in [1.54, 1.807) is 42.5 Å². The molecule has 3 aromatic carbocycles. The molecule has 9 heteroatoms. The van der Waals surface area contributed by atoms with Crippen molar-refractivity contribution in [2.75, 3.05) is 12.0 Å². The number of halogens is 2. The summed E-state index contributed by atoms with van der Waals surface area (Å²) in [6, 6.07) is 17.3. The highest BCUT2D eigenvalue weighted by Crippen LogP contribution is 2.58. The predicted octanol–water partition coefficient (Wildman–Crippen LogP) is 4.70. The van der Waals surface area contributed by atoms with Crippen LogP contribution in [0, 0.1) is 11.8 Å². The van der Waals surface area contributed by atoms with Crippen LogP contribution in [0.25, 0.3) is 0 Å². The van der Waals surface area contributed by atoms with Gasteiger partial charge in [-0.15, -0.1) is 0 Å². The number of nitrogens with zero attached hydrogens (tertiary/aromatic N) is 1. The Labute approximate surface area is 215 Å². The van der Waals surface area contributed by atoms with Crippen molar-refractivity contribution in [2.24, 2.45) is 11.8 Å². The van der Waals surface area contributed by atoms with Crippen LogP contribution in [0.5, 0.6) is 5.75 Å². The number of methoxy groups -OCH3 is 1. The summed E-state index contributed by atoms with van der Waals surface area (Å²) in [6.07, 6.45) is -1.14. The molecule has 0 bridgehead atoms. The molecule has 7 nitrogen and oxygen atoms in total. The minimum absolute atomic E-state index is 0.158. The average Bonchev–Trinajstić information content (AvgIpc) is 3.45. The van der Waals surface area contributed by atoms with Gasteiger partial charge >= 0.3 is 0 Å². The van der Waals surface area contributed by atoms with Crippen molar-refractivity contribution >= 4 is 52.3 Å². The normalized spacial score (nSPS) is 24.0. The zero-order chi connectivity index (χ0) is 25.4. The zero-order valence-electron chi connectivity index (χ0n) is 18.7. The topological polar surface area (TPSA) is 90.0 Å². The summed E-state index contributed by atoms with van der Waals surface area (Å²) >= 11 is 12.3. The highest BCUT2D eigenvalue weighted by Gasteiger charge is 2.75. The number of hydrogen-bond donors (Lipinski definition) is 0. The second-order valence-corrected chi connectivity index (χ2v) is 9.73. The number of benzene rings is 3. The molecule has 2 amide bonds. The second kappa shape index (κ2) is 8.00. The smallest absolute Gasteiger partial charge is 0.241 e. The fourth-order valence-corrected chi connectivity index (χ4v) is 5.88. The number of ketones is 2. The third kappa shape index (κ3) is 2.91. The third-order valence-electron chi connectivity index (χ3n) is 7.10. The maximum atomic E-state index is 13.9. The molecule has 1 aliphatic carbocycles. The highest BCUT2D eigenvalue weighted by molar-refractivity contribution is 6.37. The van der Waals surface area contributed by atoms with Gasteiger partial charge in [-0.3, -0.25) is 19.2 Å². The predicted molar refractivity (Wildman–Crippen MR) is 131 cm³/mol. The molecule has 0 unspecified atom stereocenters. The summed E-state index contributed by atoms with van der Waals surface area (Å²) in [4.78, 5) is 56.4. The van der Waals surface area contributed by atoms with Crippen LogP contribution < -0.4 is 9.64 Å². The Balaban J connectivity index is 1.57. The average molecular weight is 522 g/mol. The Kier molecular flexibility index (Phi) is 5.09. The van der Waals surface area contributed by atoms with Gasteiger partial charge in [0.1, 0.15) is 11.9 Å². The molecule has 180 valence electrons. The fourth-order valence-electron chi connectivity index (χ4n) is 5.57. The van der Waals surface area contributed by atoms with Crippen molar-refractivity contribution in [3.8, 4) is 5.75 Å². The molecule has 0 radical (unpaired) electrons. The van der Waals surface area contributed by atoms with Gasteiger partial charge in [-0.25, -0.2) is 4.90 Å². The van der Waals surface area contributed by atoms with Crippen LogP contribution in [-0.2, 0) is 14.3 Å². The number of carbonyl (C=O) groups excluding carboxylic acids is 4. The number of amides is 2. The van der Waals surface area contributed by atoms with E-state index < -0.39 is 46.9 Å². The first kappa shape index (κ1) is 22.9. The van der Waals surface area contributed by atoms with Crippen LogP contribution in [0.3, 0.4) is 0 Å². The lowest BCUT2D eigenvalue weighted by atomic mass is 9.77. The molecule has 0 aromatic heterocycles. The zero-order valence-corrected chi connectivity index (χ0v) is 20.2. The number of ether oxygens (including phenoxy) is 2. The quantitative estimate of drug-likeness (QED) is 0.366. The standard InChI is InChI=1S/C27H17Cl2NO6/c1-35-19-11-8-14(29)12-18(19)22-20-21(26(34)30(25(20)33)15-9-6-13(28)7-10-15)27(36-22)23(31)16-4-2-3-5-17(16)24(27)32/h2-12,20-22H,1H3/t20-,21+,22+/m0/s1. The van der Waals surface area contributed by atoms with Gasteiger partial charge in [-0.2, -0.15) is 0 Å². The number of anilines is 1. The van der Waals surface area contributed by atoms with Gasteiger partial charge in [0, 0.05) is 26.7 Å². The van der Waals surface area contributed by atoms with Crippen LogP contribution in [0.4, 0.5) is 5.69 Å². The molecular formula is C27H17Cl2NO6. The largest absolute Gasteiger partial charge is 0.496 e. The van der Waals surface area contributed by atoms with Gasteiger partial charge in [-0.05, 0) is 42.5 Å². The molecule has 2 heterocycles. The van der Waals surface area contributed by atoms with Crippen molar-refractivity contribution in [3.63, 3.8) is 0 Å². The highest BCUT2D eigenvalue weighted by atomic mass is 35.5. The molecular weight excluding hydrogens is 505 g/mol. The summed E-state index contributed by atoms with van der Waals surface area (Å²) in [5, 5.41) is 0.765. The van der Waals surface area contributed by atoms with Gasteiger partial charge in [0.15, 0.2) is 0 Å². The molecule has 2 aliphatic heterocycles. The number of rotatable bonds is 3. The van der Waals surface area contributed by atoms with E-state index in [2.05, 4.69) is 0 Å². The van der Waals surface area contributed by atoms with Crippen molar-refractivity contribution in [1.29, 1.82) is 0 Å². The van der Waals surface area contributed by atoms with E-state index in [0.717, 1.165) is 4.90 Å². The summed E-state index contributed by atoms with van der Waals surface area (Å²) in [6.45, 7) is 0. The lowest BCUT2D eigenvalue weighted by Crippen LogP contribution is -2.51. The van der Waals surface area contributed by atoms with Crippen molar-refractivity contribution in [1.82, 2.24) is 0 Å². The van der Waals surface area contributed by atoms with E-state index in [0.29, 0.717) is 21.4 Å². The Morgan fingerprint density at radius 3 is 2.06 bits per heavy atom. The second-order valence-electron chi connectivity index (χ2n) is 8.86. The maximum Gasteiger partial charge on any atom is 0.241 e. The van der Waals surface area contributed by atoms with Crippen molar-refractivity contribution < 1.29 is 28.7 Å². The summed E-state index contributed by atoms with van der Waals surface area (Å²) < 4.78 is 11.8. The third-order valence-corrected chi connectivity index (χ3v) is 7.59. The fraction of sp³-hybridized carbons (Fsp3) is 0.185. The molecule has 3 atom stereocenters. The number of imide groups is 1. The van der Waals surface area contributed by atoms with Crippen LogP contribution in [0.15, 0.2) is 66.7 Å². The van der Waals surface area contributed by atoms with Crippen molar-refractivity contribution in [3.05, 3.63) is 93.5 Å². The molecule has 2 saturated heterocycles. The van der Waals surface area contributed by atoms with Gasteiger partial charge in [0.2, 0.25) is 29.0 Å². The van der Waals surface area contributed by atoms with Crippen LogP contribution >= 0.6 is 23.2 Å². The van der Waals surface area contributed by atoms with Crippen LogP contribution in [0.1, 0.15) is 32.4 Å². The van der Waals surface area contributed by atoms with E-state index >= 15 is 0 Å². The van der Waals surface area contributed by atoms with Gasteiger partial charge < -0.3 is 9.47 Å². The molecule has 0 saturated carbocycles. The molecule has 36 heavy (non-hydrogen) atoms. The van der Waals surface area contributed by atoms with Gasteiger partial charge in [-0.1, -0.05) is 47.5 Å². The maximum absolute atomic E-state index is 13.9. The first-order valence-corrected chi connectivity index (χ1v) is 11.9. The molecule has 3 aliphatic rings. The van der Waals surface area contributed by atoms with E-state index in [9.17, 15) is 19.2 Å². The Morgan fingerprint density at radius 2 is 1.44 bits per heavy atom. The lowest BCUT2D eigenvalue weighted by Gasteiger charge is -2.27. The number of hydrogen-bond acceptors (Lipinski definition) is 6. The summed E-state index contributed by atoms with van der Waals surface area (Å²) in [5.74, 6) is -4.75. The molecule has 2 fully saturated rings. The molecule has 6 rings (SSSR count). The Bertz CT molecular complexity index is 1450. The minimum atomic E-state index is -2.18. The first-order valence-electron chi connectivity index (χ1n) is 11.1. The molecule has 3 aromatic rings. The molecule has 1 spiro atoms. The van der Waals surface area contributed by atoms with Crippen molar-refractivity contribution in [2.45, 2.75) is 11.7 Å². The minimum Gasteiger partial charge on any atom is -0.496 e. The van der Waals surface area contributed by atoms with E-state index in [1.165, 1.54) is 31.4 Å². The first-order chi connectivity index (χ1) is 17.3. The number of fused-ring (bicyclic) bond motifs is 3. The Morgan fingerprint density at radius 1 is 0.833 bits per heavy atom. The van der Waals surface area contributed by atoms with E-state index in [4.69, 9.17) is 32.7 Å². The van der Waals surface area contributed by atoms with E-state index in [1.807, 2.05) is 0 Å². The van der Waals surface area contributed by atoms with Crippen LogP contribution in [-0.4, -0.2) is 36.1 Å². The number of Topliss-reactive ketones (excluding diaryl/α,β-unsaturated/α-hetero) is 2. The summed E-state index contributed by atoms with van der Waals surface area (Å²) in [5.41, 5.74) is -1.21. The van der Waals surface area contributed by atoms with E-state index in [-0.39, 0.29) is 16.8 Å². The van der Waals surface area contributed by atoms with Gasteiger partial charge in [0.25, 0.3) is 0 Å². The monoisotopic (exact) mass is 521 g/mol. The summed E-state index contributed by atoms with van der Waals surface area (Å²) in [7, 11) is 1.44. The van der Waals surface area contributed by atoms with Crippen LogP contribution in [0.2, 0.25) is 10.0 Å². The SMILES string of the molecule is COc1ccc(Cl)cc1[C@H]1OC2(C(=O)c3ccccc3C2=O)[C@H]2C(=O)N(c3ccc(Cl)cc3)C(=O)[C@H]12. The van der Waals surface area contributed by atoms with Gasteiger partial charge in [0.05, 0.1) is 24.6 Å². The Hall–Kier alpha value is -3.52. The molecule has 0 N–H and O–H groups in total.